The van der Waals surface area contributed by atoms with Crippen LogP contribution in [0.1, 0.15) is 34.7 Å². The Bertz CT molecular complexity index is 1310. The molecule has 0 spiro atoms. The summed E-state index contributed by atoms with van der Waals surface area (Å²) in [5, 5.41) is 11.6. The summed E-state index contributed by atoms with van der Waals surface area (Å²) < 4.78 is 5.39. The van der Waals surface area contributed by atoms with Gasteiger partial charge in [0.25, 0.3) is 0 Å². The first-order chi connectivity index (χ1) is 16.5. The first kappa shape index (κ1) is 21.4. The maximum Gasteiger partial charge on any atom is 0.344 e. The monoisotopic (exact) mass is 445 g/mol. The standard InChI is InChI=1S/C30H22O4/c1-20(28(31)32)27-25-19-24(17-18-26(25)34-29(27)33)30(21-11-5-2-6-12-21,22-13-7-3-8-14-22)23-15-9-4-10-16-23/h2-19H,1H3,(H,31,32)/p-1. The molecule has 0 saturated heterocycles. The number of benzene rings is 4. The van der Waals surface area contributed by atoms with E-state index in [-0.39, 0.29) is 11.1 Å². The summed E-state index contributed by atoms with van der Waals surface area (Å²) in [6.45, 7) is 1.37. The highest BCUT2D eigenvalue weighted by Crippen LogP contribution is 2.47. The lowest BCUT2D eigenvalue weighted by Gasteiger charge is -2.37. The van der Waals surface area contributed by atoms with Crippen LogP contribution in [-0.4, -0.2) is 11.9 Å². The van der Waals surface area contributed by atoms with Crippen LogP contribution in [-0.2, 0) is 15.0 Å². The van der Waals surface area contributed by atoms with Crippen molar-refractivity contribution >= 4 is 17.5 Å². The van der Waals surface area contributed by atoms with Gasteiger partial charge in [-0.05, 0) is 46.9 Å². The number of hydrogen-bond donors (Lipinski definition) is 0. The quantitative estimate of drug-likeness (QED) is 0.196. The maximum atomic E-state index is 12.6. The second-order valence-electron chi connectivity index (χ2n) is 8.24. The molecule has 5 rings (SSSR count). The predicted octanol–water partition coefficient (Wildman–Crippen LogP) is 4.51. The van der Waals surface area contributed by atoms with Crippen molar-refractivity contribution in [1.82, 2.24) is 0 Å². The van der Waals surface area contributed by atoms with Gasteiger partial charge in [-0.2, -0.15) is 0 Å². The molecule has 166 valence electrons. The molecule has 4 heteroatoms. The third-order valence-corrected chi connectivity index (χ3v) is 6.39. The van der Waals surface area contributed by atoms with E-state index < -0.39 is 17.4 Å². The molecule has 0 fully saturated rings. The zero-order chi connectivity index (χ0) is 23.7. The topological polar surface area (TPSA) is 66.4 Å². The normalized spacial score (nSPS) is 14.3. The van der Waals surface area contributed by atoms with Gasteiger partial charge < -0.3 is 14.6 Å². The predicted molar refractivity (Wildman–Crippen MR) is 128 cm³/mol. The molecule has 4 nitrogen and oxygen atoms in total. The molecule has 0 N–H and O–H groups in total. The van der Waals surface area contributed by atoms with E-state index in [1.807, 2.05) is 66.7 Å². The second-order valence-corrected chi connectivity index (χ2v) is 8.24. The minimum Gasteiger partial charge on any atom is -0.545 e. The number of ether oxygens (including phenoxy) is 1. The summed E-state index contributed by atoms with van der Waals surface area (Å²) in [5.41, 5.74) is 3.63. The van der Waals surface area contributed by atoms with Crippen molar-refractivity contribution in [2.75, 3.05) is 0 Å². The molecule has 0 aliphatic carbocycles. The molecule has 0 atom stereocenters. The number of carbonyl (C=O) groups excluding carboxylic acids is 2. The molecule has 4 aromatic carbocycles. The SMILES string of the molecule is CC(C(=O)[O-])=C1C(=O)Oc2ccc(C(c3ccccc3)(c3ccccc3)c3ccccc3)cc21. The molecular formula is C30H21O4-. The molecule has 0 aromatic heterocycles. The lowest BCUT2D eigenvalue weighted by Crippen LogP contribution is -2.31. The van der Waals surface area contributed by atoms with Crippen LogP contribution in [0.25, 0.3) is 5.57 Å². The van der Waals surface area contributed by atoms with Crippen molar-refractivity contribution in [3.05, 3.63) is 143 Å². The van der Waals surface area contributed by atoms with E-state index >= 15 is 0 Å². The van der Waals surface area contributed by atoms with E-state index in [1.165, 1.54) is 6.92 Å². The molecular weight excluding hydrogens is 424 g/mol. The van der Waals surface area contributed by atoms with Crippen LogP contribution in [0.2, 0.25) is 0 Å². The van der Waals surface area contributed by atoms with Gasteiger partial charge >= 0.3 is 5.97 Å². The summed E-state index contributed by atoms with van der Waals surface area (Å²) in [6, 6.07) is 36.0. The smallest absolute Gasteiger partial charge is 0.344 e. The van der Waals surface area contributed by atoms with Crippen LogP contribution in [0.4, 0.5) is 0 Å². The van der Waals surface area contributed by atoms with Crippen molar-refractivity contribution in [3.63, 3.8) is 0 Å². The highest BCUT2D eigenvalue weighted by Gasteiger charge is 2.40. The Morgan fingerprint density at radius 3 is 1.62 bits per heavy atom. The van der Waals surface area contributed by atoms with E-state index in [0.717, 1.165) is 22.3 Å². The van der Waals surface area contributed by atoms with Gasteiger partial charge in [-0.25, -0.2) is 4.79 Å². The third kappa shape index (κ3) is 3.32. The molecule has 1 aliphatic rings. The molecule has 1 heterocycles. The largest absolute Gasteiger partial charge is 0.545 e. The van der Waals surface area contributed by atoms with Crippen molar-refractivity contribution < 1.29 is 19.4 Å². The van der Waals surface area contributed by atoms with E-state index in [2.05, 4.69) is 36.4 Å². The molecule has 0 unspecified atom stereocenters. The van der Waals surface area contributed by atoms with E-state index in [9.17, 15) is 14.7 Å². The Morgan fingerprint density at radius 2 is 1.18 bits per heavy atom. The summed E-state index contributed by atoms with van der Waals surface area (Å²) in [6.07, 6.45) is 0. The van der Waals surface area contributed by atoms with Gasteiger partial charge in [0, 0.05) is 5.56 Å². The van der Waals surface area contributed by atoms with Crippen LogP contribution >= 0.6 is 0 Å². The fraction of sp³-hybridized carbons (Fsp3) is 0.0667. The van der Waals surface area contributed by atoms with Gasteiger partial charge in [0.15, 0.2) is 0 Å². The lowest BCUT2D eigenvalue weighted by molar-refractivity contribution is -0.299. The zero-order valence-corrected chi connectivity index (χ0v) is 18.5. The number of carboxylic acid groups (broad SMARTS) is 1. The highest BCUT2D eigenvalue weighted by atomic mass is 16.5. The number of carbonyl (C=O) groups is 2. The van der Waals surface area contributed by atoms with Gasteiger partial charge in [-0.1, -0.05) is 97.1 Å². The summed E-state index contributed by atoms with van der Waals surface area (Å²) in [5.74, 6) is -1.74. The average Bonchev–Trinajstić information content (AvgIpc) is 3.21. The Kier molecular flexibility index (Phi) is 5.34. The number of aliphatic carboxylic acids is 1. The number of hydrogen-bond acceptors (Lipinski definition) is 4. The molecule has 0 amide bonds. The summed E-state index contributed by atoms with van der Waals surface area (Å²) in [7, 11) is 0. The Balaban J connectivity index is 1.88. The minimum atomic E-state index is -1.40. The van der Waals surface area contributed by atoms with Gasteiger partial charge in [0.1, 0.15) is 5.75 Å². The fourth-order valence-electron chi connectivity index (χ4n) is 4.83. The molecule has 4 aromatic rings. The maximum absolute atomic E-state index is 12.6. The van der Waals surface area contributed by atoms with Crippen molar-refractivity contribution in [1.29, 1.82) is 0 Å². The van der Waals surface area contributed by atoms with E-state index in [4.69, 9.17) is 4.74 Å². The van der Waals surface area contributed by atoms with E-state index in [1.54, 1.807) is 6.07 Å². The average molecular weight is 445 g/mol. The van der Waals surface area contributed by atoms with Gasteiger partial charge in [0.05, 0.1) is 17.0 Å². The molecule has 34 heavy (non-hydrogen) atoms. The third-order valence-electron chi connectivity index (χ3n) is 6.39. The second kappa shape index (κ2) is 8.49. The summed E-state index contributed by atoms with van der Waals surface area (Å²) in [4.78, 5) is 24.2. The molecule has 1 aliphatic heterocycles. The van der Waals surface area contributed by atoms with Gasteiger partial charge in [-0.15, -0.1) is 0 Å². The first-order valence-electron chi connectivity index (χ1n) is 11.0. The van der Waals surface area contributed by atoms with Crippen LogP contribution in [0.15, 0.2) is 115 Å². The Hall–Kier alpha value is -4.44. The fourth-order valence-corrected chi connectivity index (χ4v) is 4.83. The van der Waals surface area contributed by atoms with Gasteiger partial charge in [-0.3, -0.25) is 0 Å². The Morgan fingerprint density at radius 1 is 0.706 bits per heavy atom. The lowest BCUT2D eigenvalue weighted by atomic mass is 9.65. The molecule has 0 bridgehead atoms. The van der Waals surface area contributed by atoms with Crippen LogP contribution in [0.5, 0.6) is 5.75 Å². The van der Waals surface area contributed by atoms with Crippen LogP contribution < -0.4 is 9.84 Å². The molecule has 0 saturated carbocycles. The number of carboxylic acids is 1. The van der Waals surface area contributed by atoms with E-state index in [0.29, 0.717) is 11.3 Å². The summed E-state index contributed by atoms with van der Waals surface area (Å²) >= 11 is 0. The molecule has 0 radical (unpaired) electrons. The van der Waals surface area contributed by atoms with Crippen molar-refractivity contribution in [2.45, 2.75) is 12.3 Å². The van der Waals surface area contributed by atoms with Crippen molar-refractivity contribution in [3.8, 4) is 5.75 Å². The number of esters is 1. The zero-order valence-electron chi connectivity index (χ0n) is 18.5. The highest BCUT2D eigenvalue weighted by molar-refractivity contribution is 6.26. The first-order valence-corrected chi connectivity index (χ1v) is 11.0. The van der Waals surface area contributed by atoms with Crippen LogP contribution in [0.3, 0.4) is 0 Å². The number of fused-ring (bicyclic) bond motifs is 1. The van der Waals surface area contributed by atoms with Gasteiger partial charge in [0.2, 0.25) is 0 Å². The minimum absolute atomic E-state index is 0.0277. The number of rotatable bonds is 5. The van der Waals surface area contributed by atoms with Crippen molar-refractivity contribution in [2.24, 2.45) is 0 Å². The Labute approximate surface area is 197 Å². The van der Waals surface area contributed by atoms with Crippen LogP contribution in [0, 0.1) is 0 Å².